The van der Waals surface area contributed by atoms with Crippen molar-refractivity contribution in [1.29, 1.82) is 0 Å². The first-order chi connectivity index (χ1) is 18.1. The van der Waals surface area contributed by atoms with Crippen molar-refractivity contribution >= 4 is 17.7 Å². The molecule has 0 unspecified atom stereocenters. The number of aromatic nitrogens is 1. The van der Waals surface area contributed by atoms with E-state index in [1.54, 1.807) is 14.0 Å². The third-order valence-corrected chi connectivity index (χ3v) is 6.52. The van der Waals surface area contributed by atoms with E-state index < -0.39 is 0 Å². The molecule has 7 heteroatoms. The van der Waals surface area contributed by atoms with E-state index in [1.165, 1.54) is 0 Å². The molecule has 1 aliphatic rings. The standard InChI is InChI=1S/C30H29N3O4/c1-3-37-28(34)19-21-10-14-24(15-11-21)31-30(35)33-20-23-7-4-5-8-26(23)32-18-6-9-27(32)29(33)22-12-16-25(36-2)17-13-22/h4-18,29H,3,19-20H2,1-2H3,(H,31,35)/t29-/m1/s1. The molecule has 1 aromatic heterocycles. The SMILES string of the molecule is CCOC(=O)Cc1ccc(NC(=O)N2Cc3ccccc3-n3cccc3[C@H]2c2ccc(OC)cc2)cc1. The van der Waals surface area contributed by atoms with E-state index in [0.29, 0.717) is 18.8 Å². The predicted octanol–water partition coefficient (Wildman–Crippen LogP) is 5.73. The summed E-state index contributed by atoms with van der Waals surface area (Å²) in [6.45, 7) is 2.57. The second-order valence-corrected chi connectivity index (χ2v) is 8.84. The molecule has 3 aromatic carbocycles. The van der Waals surface area contributed by atoms with Crippen LogP contribution in [0.3, 0.4) is 0 Å². The molecule has 7 nitrogen and oxygen atoms in total. The zero-order valence-corrected chi connectivity index (χ0v) is 20.9. The van der Waals surface area contributed by atoms with Crippen LogP contribution in [0.25, 0.3) is 5.69 Å². The summed E-state index contributed by atoms with van der Waals surface area (Å²) in [6, 6.07) is 26.8. The predicted molar refractivity (Wildman–Crippen MR) is 142 cm³/mol. The quantitative estimate of drug-likeness (QED) is 0.347. The number of anilines is 1. The van der Waals surface area contributed by atoms with Crippen molar-refractivity contribution in [1.82, 2.24) is 9.47 Å². The average molecular weight is 496 g/mol. The van der Waals surface area contributed by atoms with Gasteiger partial charge < -0.3 is 24.3 Å². The number of methoxy groups -OCH3 is 1. The monoisotopic (exact) mass is 495 g/mol. The molecular formula is C30H29N3O4. The first-order valence-corrected chi connectivity index (χ1v) is 12.3. The molecule has 0 bridgehead atoms. The second-order valence-electron chi connectivity index (χ2n) is 8.84. The van der Waals surface area contributed by atoms with Crippen LogP contribution in [0.2, 0.25) is 0 Å². The van der Waals surface area contributed by atoms with Gasteiger partial charge in [0.25, 0.3) is 0 Å². The van der Waals surface area contributed by atoms with Gasteiger partial charge in [0.15, 0.2) is 0 Å². The van der Waals surface area contributed by atoms with Gasteiger partial charge in [0.2, 0.25) is 0 Å². The number of fused-ring (bicyclic) bond motifs is 3. The molecule has 0 spiro atoms. The molecule has 0 aliphatic carbocycles. The van der Waals surface area contributed by atoms with Gasteiger partial charge in [-0.15, -0.1) is 0 Å². The molecule has 2 amide bonds. The first kappa shape index (κ1) is 24.2. The first-order valence-electron chi connectivity index (χ1n) is 12.3. The number of hydrogen-bond acceptors (Lipinski definition) is 4. The number of carbonyl (C=O) groups is 2. The van der Waals surface area contributed by atoms with Gasteiger partial charge in [-0.2, -0.15) is 0 Å². The van der Waals surface area contributed by atoms with Gasteiger partial charge in [-0.1, -0.05) is 42.5 Å². The normalized spacial score (nSPS) is 14.2. The molecule has 0 saturated carbocycles. The van der Waals surface area contributed by atoms with Gasteiger partial charge in [0.1, 0.15) is 5.75 Å². The highest BCUT2D eigenvalue weighted by Gasteiger charge is 2.33. The lowest BCUT2D eigenvalue weighted by Gasteiger charge is -2.31. The maximum Gasteiger partial charge on any atom is 0.322 e. The Morgan fingerprint density at radius 3 is 2.43 bits per heavy atom. The maximum absolute atomic E-state index is 13.8. The molecule has 37 heavy (non-hydrogen) atoms. The summed E-state index contributed by atoms with van der Waals surface area (Å²) in [5.41, 5.74) is 5.56. The van der Waals surface area contributed by atoms with Crippen LogP contribution in [-0.4, -0.2) is 35.2 Å². The zero-order valence-electron chi connectivity index (χ0n) is 20.9. The highest BCUT2D eigenvalue weighted by Crippen LogP contribution is 2.37. The number of ether oxygens (including phenoxy) is 2. The number of para-hydroxylation sites is 1. The summed E-state index contributed by atoms with van der Waals surface area (Å²) in [6.07, 6.45) is 2.23. The Hall–Kier alpha value is -4.52. The molecular weight excluding hydrogens is 466 g/mol. The van der Waals surface area contributed by atoms with Crippen molar-refractivity contribution in [2.75, 3.05) is 19.0 Å². The molecule has 0 saturated heterocycles. The molecule has 2 heterocycles. The number of amides is 2. The minimum absolute atomic E-state index is 0.196. The Morgan fingerprint density at radius 1 is 0.946 bits per heavy atom. The second kappa shape index (κ2) is 10.6. The van der Waals surface area contributed by atoms with E-state index >= 15 is 0 Å². The fraction of sp³-hybridized carbons (Fsp3) is 0.200. The minimum atomic E-state index is -0.323. The Bertz CT molecular complexity index is 1390. The number of urea groups is 1. The van der Waals surface area contributed by atoms with Crippen LogP contribution in [0, 0.1) is 0 Å². The molecule has 0 fully saturated rings. The highest BCUT2D eigenvalue weighted by atomic mass is 16.5. The Morgan fingerprint density at radius 2 is 1.70 bits per heavy atom. The number of carbonyl (C=O) groups excluding carboxylic acids is 2. The van der Waals surface area contributed by atoms with Crippen LogP contribution >= 0.6 is 0 Å². The molecule has 1 atom stereocenters. The van der Waals surface area contributed by atoms with Crippen molar-refractivity contribution < 1.29 is 19.1 Å². The molecule has 1 N–H and O–H groups in total. The number of rotatable bonds is 6. The molecule has 4 aromatic rings. The van der Waals surface area contributed by atoms with Crippen molar-refractivity contribution in [3.63, 3.8) is 0 Å². The molecule has 188 valence electrons. The number of hydrogen-bond donors (Lipinski definition) is 1. The maximum atomic E-state index is 13.8. The van der Waals surface area contributed by atoms with Crippen LogP contribution in [0.15, 0.2) is 91.1 Å². The smallest absolute Gasteiger partial charge is 0.322 e. The van der Waals surface area contributed by atoms with E-state index in [4.69, 9.17) is 9.47 Å². The van der Waals surface area contributed by atoms with Gasteiger partial charge in [-0.25, -0.2) is 4.79 Å². The van der Waals surface area contributed by atoms with Crippen LogP contribution in [0.5, 0.6) is 5.75 Å². The summed E-state index contributed by atoms with van der Waals surface area (Å²) in [5, 5.41) is 3.06. The van der Waals surface area contributed by atoms with Crippen molar-refractivity contribution in [2.45, 2.75) is 25.9 Å². The number of benzene rings is 3. The summed E-state index contributed by atoms with van der Waals surface area (Å²) in [4.78, 5) is 27.5. The van der Waals surface area contributed by atoms with Gasteiger partial charge in [-0.3, -0.25) is 4.79 Å². The van der Waals surface area contributed by atoms with Gasteiger partial charge in [-0.05, 0) is 66.1 Å². The number of esters is 1. The Kier molecular flexibility index (Phi) is 6.94. The van der Waals surface area contributed by atoms with E-state index in [-0.39, 0.29) is 24.5 Å². The van der Waals surface area contributed by atoms with Crippen LogP contribution in [-0.2, 0) is 22.5 Å². The highest BCUT2D eigenvalue weighted by molar-refractivity contribution is 5.90. The Labute approximate surface area is 216 Å². The topological polar surface area (TPSA) is 72.8 Å². The van der Waals surface area contributed by atoms with Crippen LogP contribution < -0.4 is 10.1 Å². The lowest BCUT2D eigenvalue weighted by Crippen LogP contribution is -2.37. The summed E-state index contributed by atoms with van der Waals surface area (Å²) in [5.74, 6) is 0.489. The Balaban J connectivity index is 1.48. The van der Waals surface area contributed by atoms with E-state index in [0.717, 1.165) is 33.8 Å². The number of nitrogens with one attached hydrogen (secondary N) is 1. The third-order valence-electron chi connectivity index (χ3n) is 6.52. The van der Waals surface area contributed by atoms with Crippen LogP contribution in [0.4, 0.5) is 10.5 Å². The van der Waals surface area contributed by atoms with E-state index in [1.807, 2.05) is 77.8 Å². The van der Waals surface area contributed by atoms with Crippen molar-refractivity contribution in [3.8, 4) is 11.4 Å². The summed E-state index contributed by atoms with van der Waals surface area (Å²) >= 11 is 0. The minimum Gasteiger partial charge on any atom is -0.497 e. The fourth-order valence-electron chi connectivity index (χ4n) is 4.76. The molecule has 1 aliphatic heterocycles. The lowest BCUT2D eigenvalue weighted by atomic mass is 10.0. The van der Waals surface area contributed by atoms with Gasteiger partial charge in [0, 0.05) is 17.6 Å². The largest absolute Gasteiger partial charge is 0.497 e. The lowest BCUT2D eigenvalue weighted by molar-refractivity contribution is -0.142. The zero-order chi connectivity index (χ0) is 25.8. The molecule has 5 rings (SSSR count). The summed E-state index contributed by atoms with van der Waals surface area (Å²) in [7, 11) is 1.64. The van der Waals surface area contributed by atoms with Crippen LogP contribution in [0.1, 0.15) is 35.3 Å². The fourth-order valence-corrected chi connectivity index (χ4v) is 4.76. The average Bonchev–Trinajstić information content (AvgIpc) is 3.34. The number of nitrogens with zero attached hydrogens (tertiary/aromatic N) is 2. The van der Waals surface area contributed by atoms with Gasteiger partial charge >= 0.3 is 12.0 Å². The van der Waals surface area contributed by atoms with Crippen molar-refractivity contribution in [2.24, 2.45) is 0 Å². The third kappa shape index (κ3) is 5.07. The van der Waals surface area contributed by atoms with Crippen molar-refractivity contribution in [3.05, 3.63) is 114 Å². The van der Waals surface area contributed by atoms with E-state index in [9.17, 15) is 9.59 Å². The molecule has 0 radical (unpaired) electrons. The summed E-state index contributed by atoms with van der Waals surface area (Å²) < 4.78 is 12.5. The van der Waals surface area contributed by atoms with E-state index in [2.05, 4.69) is 28.1 Å². The van der Waals surface area contributed by atoms with Gasteiger partial charge in [0.05, 0.1) is 38.4 Å².